The van der Waals surface area contributed by atoms with Gasteiger partial charge in [0.15, 0.2) is 11.0 Å². The summed E-state index contributed by atoms with van der Waals surface area (Å²) >= 11 is 1.47. The van der Waals surface area contributed by atoms with Crippen molar-refractivity contribution in [3.63, 3.8) is 0 Å². The van der Waals surface area contributed by atoms with Gasteiger partial charge in [0.2, 0.25) is 5.91 Å². The SMILES string of the molecule is CNC(=O)CSc1nnc(-c2ccc(C(C)(C)C)cc2)n1C1CCCC1. The van der Waals surface area contributed by atoms with Gasteiger partial charge in [-0.05, 0) is 23.8 Å². The summed E-state index contributed by atoms with van der Waals surface area (Å²) < 4.78 is 2.26. The van der Waals surface area contributed by atoms with Crippen LogP contribution in [-0.2, 0) is 10.2 Å². The maximum atomic E-state index is 11.6. The van der Waals surface area contributed by atoms with E-state index in [9.17, 15) is 4.79 Å². The fourth-order valence-corrected chi connectivity index (χ4v) is 4.26. The van der Waals surface area contributed by atoms with Gasteiger partial charge in [0.25, 0.3) is 0 Å². The molecule has 140 valence electrons. The number of thioether (sulfide) groups is 1. The molecule has 6 heteroatoms. The van der Waals surface area contributed by atoms with Crippen molar-refractivity contribution in [3.05, 3.63) is 29.8 Å². The first kappa shape index (κ1) is 19.0. The average molecular weight is 373 g/mol. The summed E-state index contributed by atoms with van der Waals surface area (Å²) in [5.41, 5.74) is 2.53. The maximum absolute atomic E-state index is 11.6. The van der Waals surface area contributed by atoms with E-state index in [4.69, 9.17) is 0 Å². The van der Waals surface area contributed by atoms with Crippen LogP contribution in [0.15, 0.2) is 29.4 Å². The molecule has 2 aromatic rings. The topological polar surface area (TPSA) is 59.8 Å². The highest BCUT2D eigenvalue weighted by molar-refractivity contribution is 7.99. The third-order valence-electron chi connectivity index (χ3n) is 4.97. The lowest BCUT2D eigenvalue weighted by atomic mass is 9.86. The van der Waals surface area contributed by atoms with E-state index in [0.717, 1.165) is 29.4 Å². The van der Waals surface area contributed by atoms with Crippen molar-refractivity contribution in [1.29, 1.82) is 0 Å². The smallest absolute Gasteiger partial charge is 0.230 e. The van der Waals surface area contributed by atoms with E-state index in [0.29, 0.717) is 11.8 Å². The third kappa shape index (κ3) is 4.11. The zero-order valence-electron chi connectivity index (χ0n) is 16.1. The summed E-state index contributed by atoms with van der Waals surface area (Å²) in [5, 5.41) is 12.4. The molecule has 0 saturated heterocycles. The van der Waals surface area contributed by atoms with E-state index in [-0.39, 0.29) is 11.3 Å². The molecular weight excluding hydrogens is 344 g/mol. The van der Waals surface area contributed by atoms with Gasteiger partial charge in [-0.2, -0.15) is 0 Å². The summed E-state index contributed by atoms with van der Waals surface area (Å²) in [6.45, 7) is 6.66. The van der Waals surface area contributed by atoms with Crippen LogP contribution in [0.2, 0.25) is 0 Å². The fraction of sp³-hybridized carbons (Fsp3) is 0.550. The van der Waals surface area contributed by atoms with Crippen LogP contribution in [0.25, 0.3) is 11.4 Å². The molecule has 26 heavy (non-hydrogen) atoms. The van der Waals surface area contributed by atoms with Gasteiger partial charge < -0.3 is 5.32 Å². The van der Waals surface area contributed by atoms with E-state index in [2.05, 4.69) is 65.1 Å². The monoisotopic (exact) mass is 372 g/mol. The maximum Gasteiger partial charge on any atom is 0.230 e. The number of amides is 1. The molecule has 0 atom stereocenters. The largest absolute Gasteiger partial charge is 0.358 e. The first-order valence-electron chi connectivity index (χ1n) is 9.29. The molecular formula is C20H28N4OS. The fourth-order valence-electron chi connectivity index (χ4n) is 3.39. The molecule has 1 aromatic carbocycles. The molecule has 0 aliphatic heterocycles. The highest BCUT2D eigenvalue weighted by Crippen LogP contribution is 2.37. The molecule has 0 bridgehead atoms. The number of carbonyl (C=O) groups excluding carboxylic acids is 1. The molecule has 1 aliphatic rings. The van der Waals surface area contributed by atoms with Crippen LogP contribution in [0.1, 0.15) is 58.1 Å². The Hall–Kier alpha value is -1.82. The molecule has 0 radical (unpaired) electrons. The normalized spacial score (nSPS) is 15.4. The van der Waals surface area contributed by atoms with E-state index in [1.807, 2.05) is 0 Å². The molecule has 1 heterocycles. The van der Waals surface area contributed by atoms with Crippen molar-refractivity contribution in [2.24, 2.45) is 0 Å². The molecule has 1 aromatic heterocycles. The third-order valence-corrected chi connectivity index (χ3v) is 5.92. The molecule has 0 spiro atoms. The first-order chi connectivity index (χ1) is 12.4. The molecule has 5 nitrogen and oxygen atoms in total. The predicted octanol–water partition coefficient (Wildman–Crippen LogP) is 4.20. The van der Waals surface area contributed by atoms with Crippen LogP contribution in [0.5, 0.6) is 0 Å². The summed E-state index contributed by atoms with van der Waals surface area (Å²) in [5.74, 6) is 1.29. The van der Waals surface area contributed by atoms with Crippen molar-refractivity contribution in [1.82, 2.24) is 20.1 Å². The van der Waals surface area contributed by atoms with Gasteiger partial charge in [0.1, 0.15) is 0 Å². The second-order valence-electron chi connectivity index (χ2n) is 7.90. The Kier molecular flexibility index (Phi) is 5.70. The lowest BCUT2D eigenvalue weighted by Crippen LogP contribution is -2.20. The minimum atomic E-state index is 0.00653. The molecule has 3 rings (SSSR count). The van der Waals surface area contributed by atoms with Crippen molar-refractivity contribution >= 4 is 17.7 Å². The highest BCUT2D eigenvalue weighted by atomic mass is 32.2. The number of aromatic nitrogens is 3. The van der Waals surface area contributed by atoms with Crippen LogP contribution < -0.4 is 5.32 Å². The number of rotatable bonds is 5. The number of benzene rings is 1. The van der Waals surface area contributed by atoms with E-state index in [1.165, 1.54) is 30.2 Å². The standard InChI is InChI=1S/C20H28N4OS/c1-20(2,3)15-11-9-14(10-12-15)18-22-23-19(26-13-17(25)21-4)24(18)16-7-5-6-8-16/h9-12,16H,5-8,13H2,1-4H3,(H,21,25). The summed E-state index contributed by atoms with van der Waals surface area (Å²) in [4.78, 5) is 11.6. The number of carbonyl (C=O) groups is 1. The van der Waals surface area contributed by atoms with Crippen molar-refractivity contribution in [2.45, 2.75) is 63.1 Å². The van der Waals surface area contributed by atoms with Gasteiger partial charge in [0, 0.05) is 18.7 Å². The first-order valence-corrected chi connectivity index (χ1v) is 10.3. The molecule has 0 unspecified atom stereocenters. The van der Waals surface area contributed by atoms with E-state index in [1.54, 1.807) is 7.05 Å². The average Bonchev–Trinajstić information content (AvgIpc) is 3.28. The van der Waals surface area contributed by atoms with Gasteiger partial charge in [-0.15, -0.1) is 10.2 Å². The van der Waals surface area contributed by atoms with Crippen LogP contribution >= 0.6 is 11.8 Å². The van der Waals surface area contributed by atoms with Gasteiger partial charge in [0.05, 0.1) is 5.75 Å². The summed E-state index contributed by atoms with van der Waals surface area (Å²) in [6.07, 6.45) is 4.78. The minimum Gasteiger partial charge on any atom is -0.358 e. The van der Waals surface area contributed by atoms with Gasteiger partial charge in [-0.1, -0.05) is 69.6 Å². The van der Waals surface area contributed by atoms with Crippen LogP contribution in [0.3, 0.4) is 0 Å². The zero-order chi connectivity index (χ0) is 18.7. The van der Waals surface area contributed by atoms with E-state index >= 15 is 0 Å². The lowest BCUT2D eigenvalue weighted by Gasteiger charge is -2.20. The molecule has 1 fully saturated rings. The number of nitrogens with one attached hydrogen (secondary N) is 1. The predicted molar refractivity (Wildman–Crippen MR) is 106 cm³/mol. The molecule has 1 N–H and O–H groups in total. The highest BCUT2D eigenvalue weighted by Gasteiger charge is 2.25. The number of nitrogens with zero attached hydrogens (tertiary/aromatic N) is 3. The van der Waals surface area contributed by atoms with Gasteiger partial charge >= 0.3 is 0 Å². The van der Waals surface area contributed by atoms with Gasteiger partial charge in [-0.3, -0.25) is 9.36 Å². The second-order valence-corrected chi connectivity index (χ2v) is 8.85. The van der Waals surface area contributed by atoms with Crippen molar-refractivity contribution in [2.75, 3.05) is 12.8 Å². The Bertz CT molecular complexity index is 755. The van der Waals surface area contributed by atoms with Crippen LogP contribution in [-0.4, -0.2) is 33.5 Å². The molecule has 1 amide bonds. The lowest BCUT2D eigenvalue weighted by molar-refractivity contribution is -0.118. The minimum absolute atomic E-state index is 0.00653. The summed E-state index contributed by atoms with van der Waals surface area (Å²) in [6, 6.07) is 9.07. The Morgan fingerprint density at radius 2 is 1.85 bits per heavy atom. The Morgan fingerprint density at radius 3 is 2.42 bits per heavy atom. The van der Waals surface area contributed by atoms with Crippen molar-refractivity contribution in [3.8, 4) is 11.4 Å². The Labute approximate surface area is 160 Å². The second kappa shape index (κ2) is 7.82. The quantitative estimate of drug-likeness (QED) is 0.799. The zero-order valence-corrected chi connectivity index (χ0v) is 16.9. The molecule has 1 saturated carbocycles. The Morgan fingerprint density at radius 1 is 1.19 bits per heavy atom. The summed E-state index contributed by atoms with van der Waals surface area (Å²) in [7, 11) is 1.66. The Balaban J connectivity index is 1.93. The van der Waals surface area contributed by atoms with E-state index < -0.39 is 0 Å². The van der Waals surface area contributed by atoms with Crippen LogP contribution in [0.4, 0.5) is 0 Å². The number of hydrogen-bond donors (Lipinski definition) is 1. The van der Waals surface area contributed by atoms with Crippen molar-refractivity contribution < 1.29 is 4.79 Å². The number of hydrogen-bond acceptors (Lipinski definition) is 4. The molecule has 1 aliphatic carbocycles. The van der Waals surface area contributed by atoms with Crippen LogP contribution in [0, 0.1) is 0 Å². The van der Waals surface area contributed by atoms with Gasteiger partial charge in [-0.25, -0.2) is 0 Å².